The summed E-state index contributed by atoms with van der Waals surface area (Å²) >= 11 is 0. The van der Waals surface area contributed by atoms with E-state index in [0.717, 1.165) is 29.0 Å². The van der Waals surface area contributed by atoms with Crippen molar-refractivity contribution < 1.29 is 23.7 Å². The van der Waals surface area contributed by atoms with Crippen molar-refractivity contribution in [3.05, 3.63) is 41.5 Å². The molecule has 5 heteroatoms. The molecule has 0 amide bonds. The lowest BCUT2D eigenvalue weighted by molar-refractivity contribution is 0.264. The van der Waals surface area contributed by atoms with E-state index in [1.165, 1.54) is 0 Å². The van der Waals surface area contributed by atoms with Gasteiger partial charge in [0.2, 0.25) is 5.75 Å². The molecule has 2 rings (SSSR count). The van der Waals surface area contributed by atoms with Gasteiger partial charge in [-0.05, 0) is 53.6 Å². The van der Waals surface area contributed by atoms with E-state index in [9.17, 15) is 0 Å². The first-order valence-corrected chi connectivity index (χ1v) is 9.55. The van der Waals surface area contributed by atoms with Crippen molar-refractivity contribution >= 4 is 0 Å². The van der Waals surface area contributed by atoms with Gasteiger partial charge in [-0.25, -0.2) is 0 Å². The third-order valence-corrected chi connectivity index (χ3v) is 4.89. The van der Waals surface area contributed by atoms with E-state index in [1.807, 2.05) is 30.3 Å². The van der Waals surface area contributed by atoms with E-state index in [1.54, 1.807) is 28.4 Å². The highest BCUT2D eigenvalue weighted by molar-refractivity contribution is 5.54. The maximum Gasteiger partial charge on any atom is 0.203 e. The number of ether oxygens (including phenoxy) is 5. The van der Waals surface area contributed by atoms with Crippen molar-refractivity contribution in [2.75, 3.05) is 35.0 Å². The van der Waals surface area contributed by atoms with Crippen molar-refractivity contribution in [3.8, 4) is 28.7 Å². The maximum atomic E-state index is 6.08. The summed E-state index contributed by atoms with van der Waals surface area (Å²) < 4.78 is 27.9. The summed E-state index contributed by atoms with van der Waals surface area (Å²) in [6.45, 7) is 6.97. The molecule has 0 saturated heterocycles. The molecule has 2 aromatic carbocycles. The van der Waals surface area contributed by atoms with Gasteiger partial charge in [0, 0.05) is 6.07 Å². The largest absolute Gasteiger partial charge is 0.497 e. The van der Waals surface area contributed by atoms with Crippen LogP contribution in [0.25, 0.3) is 0 Å². The van der Waals surface area contributed by atoms with Crippen molar-refractivity contribution in [1.29, 1.82) is 0 Å². The monoisotopic (exact) mass is 388 g/mol. The lowest BCUT2D eigenvalue weighted by atomic mass is 9.97. The Hall–Kier alpha value is -2.56. The summed E-state index contributed by atoms with van der Waals surface area (Å²) in [5.41, 5.74) is 2.30. The molecule has 0 aliphatic carbocycles. The first kappa shape index (κ1) is 21.7. The number of rotatable bonds is 10. The average molecular weight is 389 g/mol. The number of hydrogen-bond donors (Lipinski definition) is 0. The molecule has 0 saturated carbocycles. The third-order valence-electron chi connectivity index (χ3n) is 4.89. The quantitative estimate of drug-likeness (QED) is 0.544. The van der Waals surface area contributed by atoms with Gasteiger partial charge in [0.15, 0.2) is 11.5 Å². The van der Waals surface area contributed by atoms with E-state index < -0.39 is 0 Å². The Morgan fingerprint density at radius 3 is 1.64 bits per heavy atom. The SMILES string of the molecule is COc1cc(OC)cc(C(C)CCOc2c(OC)cc(C(C)C)cc2OC)c1. The van der Waals surface area contributed by atoms with E-state index in [0.29, 0.717) is 29.8 Å². The van der Waals surface area contributed by atoms with Gasteiger partial charge in [-0.2, -0.15) is 0 Å². The maximum absolute atomic E-state index is 6.08. The van der Waals surface area contributed by atoms with Crippen LogP contribution in [0.3, 0.4) is 0 Å². The molecule has 28 heavy (non-hydrogen) atoms. The van der Waals surface area contributed by atoms with Crippen molar-refractivity contribution in [2.24, 2.45) is 0 Å². The molecule has 0 aliphatic rings. The second kappa shape index (κ2) is 10.1. The highest BCUT2D eigenvalue weighted by Gasteiger charge is 2.17. The van der Waals surface area contributed by atoms with Crippen LogP contribution in [-0.4, -0.2) is 35.0 Å². The second-order valence-electron chi connectivity index (χ2n) is 7.09. The zero-order valence-electron chi connectivity index (χ0n) is 18.0. The van der Waals surface area contributed by atoms with Gasteiger partial charge in [-0.15, -0.1) is 0 Å². The summed E-state index contributed by atoms with van der Waals surface area (Å²) in [7, 11) is 6.62. The Morgan fingerprint density at radius 1 is 0.679 bits per heavy atom. The molecule has 0 aliphatic heterocycles. The minimum Gasteiger partial charge on any atom is -0.497 e. The molecule has 0 N–H and O–H groups in total. The van der Waals surface area contributed by atoms with Crippen LogP contribution in [0.1, 0.15) is 50.2 Å². The molecule has 0 spiro atoms. The second-order valence-corrected chi connectivity index (χ2v) is 7.09. The highest BCUT2D eigenvalue weighted by atomic mass is 16.5. The number of benzene rings is 2. The van der Waals surface area contributed by atoms with Crippen LogP contribution in [-0.2, 0) is 0 Å². The van der Waals surface area contributed by atoms with Gasteiger partial charge in [0.25, 0.3) is 0 Å². The topological polar surface area (TPSA) is 46.2 Å². The summed E-state index contributed by atoms with van der Waals surface area (Å²) in [5.74, 6) is 4.25. The van der Waals surface area contributed by atoms with Crippen LogP contribution in [0, 0.1) is 0 Å². The van der Waals surface area contributed by atoms with Gasteiger partial charge in [-0.3, -0.25) is 0 Å². The van der Waals surface area contributed by atoms with Crippen molar-refractivity contribution in [2.45, 2.75) is 39.0 Å². The van der Waals surface area contributed by atoms with Gasteiger partial charge < -0.3 is 23.7 Å². The van der Waals surface area contributed by atoms with Crippen LogP contribution >= 0.6 is 0 Å². The molecule has 0 aromatic heterocycles. The molecule has 0 radical (unpaired) electrons. The van der Waals surface area contributed by atoms with Crippen molar-refractivity contribution in [1.82, 2.24) is 0 Å². The average Bonchev–Trinajstić information content (AvgIpc) is 2.72. The third kappa shape index (κ3) is 5.24. The van der Waals surface area contributed by atoms with Crippen molar-refractivity contribution in [3.63, 3.8) is 0 Å². The Morgan fingerprint density at radius 2 is 1.21 bits per heavy atom. The molecule has 0 heterocycles. The molecule has 2 aromatic rings. The van der Waals surface area contributed by atoms with E-state index in [4.69, 9.17) is 23.7 Å². The Kier molecular flexibility index (Phi) is 7.85. The Balaban J connectivity index is 2.12. The highest BCUT2D eigenvalue weighted by Crippen LogP contribution is 2.40. The minimum atomic E-state index is 0.274. The van der Waals surface area contributed by atoms with Gasteiger partial charge in [0.05, 0.1) is 35.0 Å². The van der Waals surface area contributed by atoms with Gasteiger partial charge in [0.1, 0.15) is 11.5 Å². The predicted octanol–water partition coefficient (Wildman–Crippen LogP) is 5.42. The van der Waals surface area contributed by atoms with E-state index in [-0.39, 0.29) is 5.92 Å². The van der Waals surface area contributed by atoms with E-state index >= 15 is 0 Å². The first-order valence-electron chi connectivity index (χ1n) is 9.55. The molecule has 1 unspecified atom stereocenters. The number of hydrogen-bond acceptors (Lipinski definition) is 5. The Labute approximate surface area is 168 Å². The van der Waals surface area contributed by atoms with Crippen LogP contribution < -0.4 is 23.7 Å². The molecule has 154 valence electrons. The normalized spacial score (nSPS) is 11.9. The standard InChI is InChI=1S/C23H32O5/c1-15(2)17-12-21(26-6)23(22(13-17)27-7)28-9-8-16(3)18-10-19(24-4)14-20(11-18)25-5/h10-16H,8-9H2,1-7H3. The molecule has 5 nitrogen and oxygen atoms in total. The molecule has 0 bridgehead atoms. The lowest BCUT2D eigenvalue weighted by Crippen LogP contribution is -2.06. The summed E-state index contributed by atoms with van der Waals surface area (Å²) in [4.78, 5) is 0. The molecular weight excluding hydrogens is 356 g/mol. The van der Waals surface area contributed by atoms with Crippen LogP contribution in [0.4, 0.5) is 0 Å². The van der Waals surface area contributed by atoms with Crippen LogP contribution in [0.5, 0.6) is 28.7 Å². The smallest absolute Gasteiger partial charge is 0.203 e. The predicted molar refractivity (Wildman–Crippen MR) is 112 cm³/mol. The van der Waals surface area contributed by atoms with Crippen LogP contribution in [0.15, 0.2) is 30.3 Å². The fraction of sp³-hybridized carbons (Fsp3) is 0.478. The van der Waals surface area contributed by atoms with E-state index in [2.05, 4.69) is 20.8 Å². The summed E-state index contributed by atoms with van der Waals surface area (Å²) in [5, 5.41) is 0. The lowest BCUT2D eigenvalue weighted by Gasteiger charge is -2.19. The van der Waals surface area contributed by atoms with Crippen LogP contribution in [0.2, 0.25) is 0 Å². The molecule has 1 atom stereocenters. The fourth-order valence-corrected chi connectivity index (χ4v) is 2.99. The van der Waals surface area contributed by atoms with Gasteiger partial charge >= 0.3 is 0 Å². The van der Waals surface area contributed by atoms with Gasteiger partial charge in [-0.1, -0.05) is 20.8 Å². The summed E-state index contributed by atoms with van der Waals surface area (Å²) in [6, 6.07) is 9.97. The number of methoxy groups -OCH3 is 4. The zero-order valence-corrected chi connectivity index (χ0v) is 18.0. The Bertz CT molecular complexity index is 722. The fourth-order valence-electron chi connectivity index (χ4n) is 2.99. The molecular formula is C23H32O5. The zero-order chi connectivity index (χ0) is 20.7. The summed E-state index contributed by atoms with van der Waals surface area (Å²) in [6.07, 6.45) is 0.828. The first-order chi connectivity index (χ1) is 13.4. The molecule has 0 fully saturated rings. The minimum absolute atomic E-state index is 0.274.